The molecular formula is C19H23N. The molecule has 0 saturated carbocycles. The van der Waals surface area contributed by atoms with Crippen molar-refractivity contribution in [3.8, 4) is 0 Å². The van der Waals surface area contributed by atoms with Gasteiger partial charge in [-0.05, 0) is 55.0 Å². The number of aryl methyl sites for hydroxylation is 2. The van der Waals surface area contributed by atoms with Crippen LogP contribution in [0.25, 0.3) is 0 Å². The fourth-order valence-corrected chi connectivity index (χ4v) is 3.30. The second-order valence-corrected chi connectivity index (χ2v) is 5.96. The van der Waals surface area contributed by atoms with Crippen molar-refractivity contribution in [3.63, 3.8) is 0 Å². The summed E-state index contributed by atoms with van der Waals surface area (Å²) in [6, 6.07) is 17.9. The van der Waals surface area contributed by atoms with Crippen molar-refractivity contribution in [2.45, 2.75) is 32.1 Å². The minimum Gasteiger partial charge on any atom is -0.316 e. The fraction of sp³-hybridized carbons (Fsp3) is 0.368. The van der Waals surface area contributed by atoms with Crippen molar-refractivity contribution in [2.75, 3.05) is 13.1 Å². The molecule has 104 valence electrons. The lowest BCUT2D eigenvalue weighted by atomic mass is 9.77. The van der Waals surface area contributed by atoms with E-state index in [0.29, 0.717) is 11.8 Å². The molecule has 20 heavy (non-hydrogen) atoms. The number of benzene rings is 2. The third kappa shape index (κ3) is 2.64. The summed E-state index contributed by atoms with van der Waals surface area (Å²) in [6.07, 6.45) is 1.22. The largest absolute Gasteiger partial charge is 0.316 e. The molecule has 0 spiro atoms. The smallest absolute Gasteiger partial charge is 0.00326 e. The van der Waals surface area contributed by atoms with E-state index in [2.05, 4.69) is 67.7 Å². The molecule has 1 heterocycles. The first kappa shape index (κ1) is 13.4. The van der Waals surface area contributed by atoms with Crippen LogP contribution in [0.2, 0.25) is 0 Å². The first-order valence-corrected chi connectivity index (χ1v) is 7.58. The van der Waals surface area contributed by atoms with Gasteiger partial charge in [-0.15, -0.1) is 0 Å². The van der Waals surface area contributed by atoms with Gasteiger partial charge in [0.05, 0.1) is 0 Å². The van der Waals surface area contributed by atoms with Crippen LogP contribution in [-0.4, -0.2) is 13.1 Å². The van der Waals surface area contributed by atoms with Crippen LogP contribution >= 0.6 is 0 Å². The molecular weight excluding hydrogens is 242 g/mol. The highest BCUT2D eigenvalue weighted by molar-refractivity contribution is 5.35. The Balaban J connectivity index is 1.94. The minimum absolute atomic E-state index is 0.590. The van der Waals surface area contributed by atoms with Gasteiger partial charge in [-0.2, -0.15) is 0 Å². The van der Waals surface area contributed by atoms with Crippen molar-refractivity contribution in [1.29, 1.82) is 0 Å². The van der Waals surface area contributed by atoms with E-state index < -0.39 is 0 Å². The Morgan fingerprint density at radius 3 is 2.40 bits per heavy atom. The predicted molar refractivity (Wildman–Crippen MR) is 85.3 cm³/mol. The van der Waals surface area contributed by atoms with E-state index in [9.17, 15) is 0 Å². The first-order chi connectivity index (χ1) is 9.75. The average Bonchev–Trinajstić information content (AvgIpc) is 2.51. The Morgan fingerprint density at radius 2 is 1.65 bits per heavy atom. The minimum atomic E-state index is 0.590. The fourth-order valence-electron chi connectivity index (χ4n) is 3.30. The van der Waals surface area contributed by atoms with Crippen LogP contribution in [0.1, 0.15) is 40.5 Å². The summed E-state index contributed by atoms with van der Waals surface area (Å²) in [5.74, 6) is 1.23. The van der Waals surface area contributed by atoms with Gasteiger partial charge in [0.15, 0.2) is 0 Å². The van der Waals surface area contributed by atoms with Crippen molar-refractivity contribution >= 4 is 0 Å². The Bertz CT molecular complexity index is 574. The molecule has 1 fully saturated rings. The summed E-state index contributed by atoms with van der Waals surface area (Å²) in [4.78, 5) is 0. The molecule has 1 aliphatic heterocycles. The van der Waals surface area contributed by atoms with Gasteiger partial charge in [0, 0.05) is 12.5 Å². The van der Waals surface area contributed by atoms with Gasteiger partial charge in [-0.1, -0.05) is 48.5 Å². The van der Waals surface area contributed by atoms with Gasteiger partial charge in [-0.3, -0.25) is 0 Å². The Labute approximate surface area is 122 Å². The van der Waals surface area contributed by atoms with Gasteiger partial charge in [0.25, 0.3) is 0 Å². The third-order valence-corrected chi connectivity index (χ3v) is 4.67. The van der Waals surface area contributed by atoms with E-state index >= 15 is 0 Å². The van der Waals surface area contributed by atoms with Crippen LogP contribution < -0.4 is 5.32 Å². The zero-order valence-corrected chi connectivity index (χ0v) is 12.4. The maximum Gasteiger partial charge on any atom is 0.00326 e. The van der Waals surface area contributed by atoms with Gasteiger partial charge in [0.2, 0.25) is 0 Å². The molecule has 1 heteroatoms. The van der Waals surface area contributed by atoms with Gasteiger partial charge >= 0.3 is 0 Å². The third-order valence-electron chi connectivity index (χ3n) is 4.67. The maximum absolute atomic E-state index is 3.56. The average molecular weight is 265 g/mol. The second-order valence-electron chi connectivity index (χ2n) is 5.96. The van der Waals surface area contributed by atoms with E-state index in [-0.39, 0.29) is 0 Å². The maximum atomic E-state index is 3.56. The van der Waals surface area contributed by atoms with E-state index in [0.717, 1.165) is 13.1 Å². The Hall–Kier alpha value is -1.60. The SMILES string of the molecule is Cc1ccc(C2CCNCC2c2ccccc2)cc1C. The molecule has 2 unspecified atom stereocenters. The molecule has 1 aliphatic rings. The van der Waals surface area contributed by atoms with Gasteiger partial charge in [0.1, 0.15) is 0 Å². The van der Waals surface area contributed by atoms with Crippen LogP contribution in [0.3, 0.4) is 0 Å². The van der Waals surface area contributed by atoms with Crippen LogP contribution in [0.4, 0.5) is 0 Å². The Morgan fingerprint density at radius 1 is 0.850 bits per heavy atom. The summed E-state index contributed by atoms with van der Waals surface area (Å²) in [7, 11) is 0. The summed E-state index contributed by atoms with van der Waals surface area (Å²) in [5, 5.41) is 3.56. The molecule has 0 radical (unpaired) electrons. The molecule has 0 aromatic heterocycles. The zero-order valence-electron chi connectivity index (χ0n) is 12.4. The highest BCUT2D eigenvalue weighted by Crippen LogP contribution is 2.37. The number of rotatable bonds is 2. The molecule has 1 saturated heterocycles. The number of piperidine rings is 1. The molecule has 2 aromatic carbocycles. The molecule has 2 atom stereocenters. The molecule has 0 amide bonds. The first-order valence-electron chi connectivity index (χ1n) is 7.58. The second kappa shape index (κ2) is 5.80. The molecule has 1 N–H and O–H groups in total. The number of hydrogen-bond donors (Lipinski definition) is 1. The lowest BCUT2D eigenvalue weighted by Crippen LogP contribution is -2.34. The lowest BCUT2D eigenvalue weighted by Gasteiger charge is -2.33. The van der Waals surface area contributed by atoms with Crippen molar-refractivity contribution in [3.05, 3.63) is 70.8 Å². The monoisotopic (exact) mass is 265 g/mol. The zero-order chi connectivity index (χ0) is 13.9. The summed E-state index contributed by atoms with van der Waals surface area (Å²) in [6.45, 7) is 6.62. The van der Waals surface area contributed by atoms with Crippen LogP contribution in [0, 0.1) is 13.8 Å². The quantitative estimate of drug-likeness (QED) is 0.859. The summed E-state index contributed by atoms with van der Waals surface area (Å²) >= 11 is 0. The molecule has 0 aliphatic carbocycles. The van der Waals surface area contributed by atoms with E-state index in [1.165, 1.54) is 28.7 Å². The van der Waals surface area contributed by atoms with Crippen LogP contribution in [-0.2, 0) is 0 Å². The summed E-state index contributed by atoms with van der Waals surface area (Å²) < 4.78 is 0. The van der Waals surface area contributed by atoms with Gasteiger partial charge < -0.3 is 5.32 Å². The molecule has 1 nitrogen and oxygen atoms in total. The van der Waals surface area contributed by atoms with Crippen molar-refractivity contribution in [1.82, 2.24) is 5.32 Å². The van der Waals surface area contributed by atoms with Gasteiger partial charge in [-0.25, -0.2) is 0 Å². The molecule has 2 aromatic rings. The van der Waals surface area contributed by atoms with E-state index in [1.807, 2.05) is 0 Å². The topological polar surface area (TPSA) is 12.0 Å². The predicted octanol–water partition coefficient (Wildman–Crippen LogP) is 4.16. The Kier molecular flexibility index (Phi) is 3.88. The van der Waals surface area contributed by atoms with Crippen molar-refractivity contribution in [2.24, 2.45) is 0 Å². The van der Waals surface area contributed by atoms with Crippen LogP contribution in [0.5, 0.6) is 0 Å². The highest BCUT2D eigenvalue weighted by Gasteiger charge is 2.27. The van der Waals surface area contributed by atoms with Crippen molar-refractivity contribution < 1.29 is 0 Å². The highest BCUT2D eigenvalue weighted by atomic mass is 14.9. The normalized spacial score (nSPS) is 22.7. The van der Waals surface area contributed by atoms with E-state index in [1.54, 1.807) is 0 Å². The number of nitrogens with one attached hydrogen (secondary N) is 1. The van der Waals surface area contributed by atoms with Crippen LogP contribution in [0.15, 0.2) is 48.5 Å². The molecule has 0 bridgehead atoms. The van der Waals surface area contributed by atoms with E-state index in [4.69, 9.17) is 0 Å². The lowest BCUT2D eigenvalue weighted by molar-refractivity contribution is 0.404. The standard InChI is InChI=1S/C19H23N/c1-14-8-9-17(12-15(14)2)18-10-11-20-13-19(18)16-6-4-3-5-7-16/h3-9,12,18-20H,10-11,13H2,1-2H3. The number of hydrogen-bond acceptors (Lipinski definition) is 1. The molecule has 3 rings (SSSR count). The summed E-state index contributed by atoms with van der Waals surface area (Å²) in [5.41, 5.74) is 5.76.